The predicted molar refractivity (Wildman–Crippen MR) is 136 cm³/mol. The molecule has 2 N–H and O–H groups in total. The molecule has 2 aliphatic rings. The van der Waals surface area contributed by atoms with E-state index in [0.29, 0.717) is 11.5 Å². The predicted octanol–water partition coefficient (Wildman–Crippen LogP) is 5.41. The van der Waals surface area contributed by atoms with E-state index in [9.17, 15) is 18.4 Å². The van der Waals surface area contributed by atoms with Crippen LogP contribution in [0.2, 0.25) is 5.02 Å². The van der Waals surface area contributed by atoms with E-state index in [1.807, 2.05) is 12.3 Å². The molecule has 0 unspecified atom stereocenters. The number of benzene rings is 2. The van der Waals surface area contributed by atoms with Crippen molar-refractivity contribution in [1.82, 2.24) is 10.2 Å². The average molecular weight is 536 g/mol. The number of fused-ring (bicyclic) bond motifs is 1. The molecule has 4 rings (SSSR count). The van der Waals surface area contributed by atoms with Crippen LogP contribution in [-0.4, -0.2) is 50.8 Å². The first-order valence-electron chi connectivity index (χ1n) is 11.9. The van der Waals surface area contributed by atoms with Crippen molar-refractivity contribution in [3.63, 3.8) is 0 Å². The number of methoxy groups -OCH3 is 2. The molecule has 1 heterocycles. The molecule has 37 heavy (non-hydrogen) atoms. The smallest absolute Gasteiger partial charge is 0.417 e. The number of ether oxygens (including phenoxy) is 2. The molecule has 0 spiro atoms. The maximum atomic E-state index is 13.3. The Kier molecular flexibility index (Phi) is 7.76. The quantitative estimate of drug-likeness (QED) is 0.231. The molecule has 2 aromatic rings. The molecule has 2 aromatic carbocycles. The number of guanidine groups is 1. The standard InChI is InChI=1S/C26H29ClF3N5O2/c1-35-11-10-25(16-4-7-21(36-2)22(12-16)37-3)9-8-18(14-23(25)35)34-24(32-15-31)33-17-5-6-20(27)19(13-17)26(28,29)30/h4-7,12-13,18,23H,8-11,14H2,1-3H3,(H2,32,33,34)/t18-,23+,25-/m0/s1. The Morgan fingerprint density at radius 3 is 2.59 bits per heavy atom. The highest BCUT2D eigenvalue weighted by atomic mass is 35.5. The van der Waals surface area contributed by atoms with Crippen LogP contribution >= 0.6 is 11.6 Å². The molecule has 1 aliphatic heterocycles. The zero-order valence-electron chi connectivity index (χ0n) is 20.8. The summed E-state index contributed by atoms with van der Waals surface area (Å²) in [6.07, 6.45) is 0.567. The number of hydrogen-bond acceptors (Lipinski definition) is 5. The lowest BCUT2D eigenvalue weighted by Gasteiger charge is -2.44. The molecule has 0 radical (unpaired) electrons. The van der Waals surface area contributed by atoms with Crippen LogP contribution in [0.4, 0.5) is 18.9 Å². The van der Waals surface area contributed by atoms with Gasteiger partial charge in [-0.1, -0.05) is 17.7 Å². The van der Waals surface area contributed by atoms with Crippen LogP contribution in [0.3, 0.4) is 0 Å². The number of likely N-dealkylation sites (N-methyl/N-ethyl adjacent to an activating group) is 1. The van der Waals surface area contributed by atoms with Gasteiger partial charge in [-0.25, -0.2) is 4.99 Å². The maximum absolute atomic E-state index is 13.3. The number of likely N-dealkylation sites (tertiary alicyclic amines) is 1. The number of hydrogen-bond donors (Lipinski definition) is 2. The van der Waals surface area contributed by atoms with Gasteiger partial charge >= 0.3 is 6.18 Å². The Morgan fingerprint density at radius 1 is 1.16 bits per heavy atom. The normalized spacial score (nSPS) is 24.2. The van der Waals surface area contributed by atoms with Gasteiger partial charge < -0.3 is 19.7 Å². The fourth-order valence-electron chi connectivity index (χ4n) is 5.65. The Labute approximate surface area is 219 Å². The van der Waals surface area contributed by atoms with Crippen LogP contribution in [0.5, 0.6) is 11.5 Å². The van der Waals surface area contributed by atoms with Gasteiger partial charge in [-0.05, 0) is 75.2 Å². The van der Waals surface area contributed by atoms with Crippen molar-refractivity contribution in [3.8, 4) is 17.7 Å². The Balaban J connectivity index is 1.58. The second kappa shape index (κ2) is 10.7. The molecule has 198 valence electrons. The van der Waals surface area contributed by atoms with Crippen molar-refractivity contribution < 1.29 is 22.6 Å². The van der Waals surface area contributed by atoms with Crippen LogP contribution in [-0.2, 0) is 11.6 Å². The molecular formula is C26H29ClF3N5O2. The highest BCUT2D eigenvalue weighted by Crippen LogP contribution is 2.50. The van der Waals surface area contributed by atoms with Gasteiger partial charge in [-0.3, -0.25) is 5.32 Å². The van der Waals surface area contributed by atoms with E-state index in [-0.39, 0.29) is 29.1 Å². The third-order valence-electron chi connectivity index (χ3n) is 7.48. The van der Waals surface area contributed by atoms with Crippen LogP contribution in [0, 0.1) is 11.5 Å². The number of nitrogens with one attached hydrogen (secondary N) is 2. The van der Waals surface area contributed by atoms with Crippen LogP contribution in [0.1, 0.15) is 36.8 Å². The summed E-state index contributed by atoms with van der Waals surface area (Å²) in [7, 11) is 5.33. The summed E-state index contributed by atoms with van der Waals surface area (Å²) in [6, 6.07) is 9.65. The highest BCUT2D eigenvalue weighted by Gasteiger charge is 2.50. The lowest BCUT2D eigenvalue weighted by atomic mass is 9.65. The zero-order valence-corrected chi connectivity index (χ0v) is 21.6. The molecule has 1 saturated carbocycles. The first kappa shape index (κ1) is 26.9. The van der Waals surface area contributed by atoms with Gasteiger partial charge in [0, 0.05) is 17.1 Å². The fourth-order valence-corrected chi connectivity index (χ4v) is 5.87. The maximum Gasteiger partial charge on any atom is 0.417 e. The third kappa shape index (κ3) is 5.43. The average Bonchev–Trinajstić information content (AvgIpc) is 3.21. The SMILES string of the molecule is COc1ccc([C@@]23CC[C@H](N=C(NC#N)Nc4ccc(Cl)c(C(F)(F)F)c4)C[C@H]2N(C)CC3)cc1OC. The molecule has 1 saturated heterocycles. The minimum atomic E-state index is -4.60. The molecule has 0 bridgehead atoms. The number of nitriles is 1. The van der Waals surface area contributed by atoms with Crippen molar-refractivity contribution >= 4 is 23.2 Å². The highest BCUT2D eigenvalue weighted by molar-refractivity contribution is 6.31. The lowest BCUT2D eigenvalue weighted by molar-refractivity contribution is -0.137. The molecular weight excluding hydrogens is 507 g/mol. The minimum absolute atomic E-state index is 0.0750. The van der Waals surface area contributed by atoms with Gasteiger partial charge in [0.05, 0.1) is 30.8 Å². The van der Waals surface area contributed by atoms with Crippen molar-refractivity contribution in [1.29, 1.82) is 5.26 Å². The summed E-state index contributed by atoms with van der Waals surface area (Å²) in [5, 5.41) is 14.1. The summed E-state index contributed by atoms with van der Waals surface area (Å²) in [5.74, 6) is 1.47. The van der Waals surface area contributed by atoms with E-state index in [1.165, 1.54) is 17.7 Å². The second-order valence-electron chi connectivity index (χ2n) is 9.43. The Morgan fingerprint density at radius 2 is 1.92 bits per heavy atom. The number of aliphatic imine (C=N–C) groups is 1. The van der Waals surface area contributed by atoms with Crippen molar-refractivity contribution in [3.05, 3.63) is 52.5 Å². The van der Waals surface area contributed by atoms with Gasteiger partial charge in [0.1, 0.15) is 0 Å². The third-order valence-corrected chi connectivity index (χ3v) is 7.81. The molecule has 3 atom stereocenters. The van der Waals surface area contributed by atoms with E-state index in [4.69, 9.17) is 26.1 Å². The van der Waals surface area contributed by atoms with E-state index >= 15 is 0 Å². The van der Waals surface area contributed by atoms with E-state index in [0.717, 1.165) is 38.3 Å². The zero-order chi connectivity index (χ0) is 26.8. The Hall–Kier alpha value is -3.16. The number of anilines is 1. The summed E-state index contributed by atoms with van der Waals surface area (Å²) in [6.45, 7) is 0.933. The van der Waals surface area contributed by atoms with Crippen LogP contribution < -0.4 is 20.1 Å². The summed E-state index contributed by atoms with van der Waals surface area (Å²) < 4.78 is 50.8. The number of rotatable bonds is 5. The number of halogens is 4. The van der Waals surface area contributed by atoms with E-state index in [2.05, 4.69) is 34.7 Å². The van der Waals surface area contributed by atoms with Gasteiger partial charge in [0.2, 0.25) is 5.96 Å². The molecule has 0 amide bonds. The number of alkyl halides is 3. The molecule has 11 heteroatoms. The monoisotopic (exact) mass is 535 g/mol. The summed E-state index contributed by atoms with van der Waals surface area (Å²) in [4.78, 5) is 7.03. The van der Waals surface area contributed by atoms with Gasteiger partial charge in [-0.15, -0.1) is 0 Å². The van der Waals surface area contributed by atoms with Crippen molar-refractivity contribution in [2.24, 2.45) is 4.99 Å². The molecule has 2 fully saturated rings. The van der Waals surface area contributed by atoms with Gasteiger partial charge in [-0.2, -0.15) is 18.4 Å². The fraction of sp³-hybridized carbons (Fsp3) is 0.462. The topological polar surface area (TPSA) is 81.9 Å². The van der Waals surface area contributed by atoms with Crippen molar-refractivity contribution in [2.75, 3.05) is 33.1 Å². The summed E-state index contributed by atoms with van der Waals surface area (Å²) >= 11 is 5.73. The number of nitrogens with zero attached hydrogens (tertiary/aromatic N) is 3. The summed E-state index contributed by atoms with van der Waals surface area (Å²) in [5.41, 5.74) is 0.289. The second-order valence-corrected chi connectivity index (χ2v) is 9.84. The molecule has 7 nitrogen and oxygen atoms in total. The molecule has 1 aliphatic carbocycles. The Bertz CT molecular complexity index is 1220. The minimum Gasteiger partial charge on any atom is -0.493 e. The lowest BCUT2D eigenvalue weighted by Crippen LogP contribution is -2.47. The van der Waals surface area contributed by atoms with E-state index in [1.54, 1.807) is 14.2 Å². The van der Waals surface area contributed by atoms with Crippen molar-refractivity contribution in [2.45, 2.75) is 49.4 Å². The first-order valence-corrected chi connectivity index (χ1v) is 12.3. The van der Waals surface area contributed by atoms with Gasteiger partial charge in [0.15, 0.2) is 17.7 Å². The largest absolute Gasteiger partial charge is 0.493 e. The van der Waals surface area contributed by atoms with Crippen LogP contribution in [0.15, 0.2) is 41.4 Å². The first-order chi connectivity index (χ1) is 17.6. The molecule has 0 aromatic heterocycles. The van der Waals surface area contributed by atoms with Gasteiger partial charge in [0.25, 0.3) is 0 Å². The van der Waals surface area contributed by atoms with E-state index < -0.39 is 16.8 Å². The van der Waals surface area contributed by atoms with Crippen LogP contribution in [0.25, 0.3) is 0 Å².